The Morgan fingerprint density at radius 2 is 1.60 bits per heavy atom. The summed E-state index contributed by atoms with van der Waals surface area (Å²) >= 11 is 0. The number of nitrogens with zero attached hydrogens (tertiary/aromatic N) is 5. The smallest absolute Gasteiger partial charge is 0.269 e. The van der Waals surface area contributed by atoms with Crippen LogP contribution in [0.2, 0.25) is 0 Å². The minimum absolute atomic E-state index is 0.0327. The normalized spacial score (nSPS) is 13.7. The molecule has 0 unspecified atom stereocenters. The summed E-state index contributed by atoms with van der Waals surface area (Å²) in [7, 11) is 0. The number of carbonyl (C=O) groups excluding carboxylic acids is 1. The van der Waals surface area contributed by atoms with Crippen molar-refractivity contribution in [2.75, 3.05) is 31.1 Å². The van der Waals surface area contributed by atoms with Gasteiger partial charge in [0.2, 0.25) is 5.88 Å². The standard InChI is InChI=1S/C21H19N5O4/c27-21(16-6-8-17(9-7-16)26(28)29)25-14-12-24(13-15-25)19-10-11-20(23-22-19)30-18-4-2-1-3-5-18/h1-11H,12-15H2. The van der Waals surface area contributed by atoms with Gasteiger partial charge >= 0.3 is 0 Å². The number of aromatic nitrogens is 2. The van der Waals surface area contributed by atoms with Crippen LogP contribution >= 0.6 is 0 Å². The van der Waals surface area contributed by atoms with Crippen LogP contribution in [-0.2, 0) is 0 Å². The molecule has 2 aromatic carbocycles. The van der Waals surface area contributed by atoms with Gasteiger partial charge in [0.05, 0.1) is 4.92 Å². The van der Waals surface area contributed by atoms with Gasteiger partial charge in [0.15, 0.2) is 5.82 Å². The average Bonchev–Trinajstić information content (AvgIpc) is 2.80. The summed E-state index contributed by atoms with van der Waals surface area (Å²) in [5.41, 5.74) is 0.408. The third kappa shape index (κ3) is 4.35. The predicted molar refractivity (Wildman–Crippen MR) is 110 cm³/mol. The van der Waals surface area contributed by atoms with Crippen molar-refractivity contribution in [1.82, 2.24) is 15.1 Å². The van der Waals surface area contributed by atoms with Crippen molar-refractivity contribution < 1.29 is 14.5 Å². The van der Waals surface area contributed by atoms with E-state index in [1.165, 1.54) is 24.3 Å². The lowest BCUT2D eigenvalue weighted by Gasteiger charge is -2.35. The van der Waals surface area contributed by atoms with Gasteiger partial charge in [-0.3, -0.25) is 14.9 Å². The quantitative estimate of drug-likeness (QED) is 0.475. The van der Waals surface area contributed by atoms with E-state index < -0.39 is 4.92 Å². The van der Waals surface area contributed by atoms with Crippen LogP contribution in [-0.4, -0.2) is 52.1 Å². The lowest BCUT2D eigenvalue weighted by molar-refractivity contribution is -0.384. The predicted octanol–water partition coefficient (Wildman–Crippen LogP) is 3.14. The van der Waals surface area contributed by atoms with Crippen LogP contribution in [0.25, 0.3) is 0 Å². The van der Waals surface area contributed by atoms with Gasteiger partial charge in [0.25, 0.3) is 11.6 Å². The second kappa shape index (κ2) is 8.56. The molecule has 4 rings (SSSR count). The Kier molecular flexibility index (Phi) is 5.51. The van der Waals surface area contributed by atoms with E-state index in [-0.39, 0.29) is 11.6 Å². The van der Waals surface area contributed by atoms with E-state index in [1.54, 1.807) is 11.0 Å². The Labute approximate surface area is 172 Å². The molecule has 0 spiro atoms. The number of anilines is 1. The van der Waals surface area contributed by atoms with Crippen LogP contribution < -0.4 is 9.64 Å². The molecule has 0 N–H and O–H groups in total. The number of nitro groups is 1. The third-order valence-electron chi connectivity index (χ3n) is 4.81. The number of piperazine rings is 1. The average molecular weight is 405 g/mol. The molecule has 1 fully saturated rings. The fraction of sp³-hybridized carbons (Fsp3) is 0.190. The highest BCUT2D eigenvalue weighted by molar-refractivity contribution is 5.94. The maximum Gasteiger partial charge on any atom is 0.269 e. The zero-order valence-corrected chi connectivity index (χ0v) is 16.0. The molecule has 1 aliphatic rings. The lowest BCUT2D eigenvalue weighted by Crippen LogP contribution is -2.49. The van der Waals surface area contributed by atoms with Crippen molar-refractivity contribution in [2.24, 2.45) is 0 Å². The van der Waals surface area contributed by atoms with Crippen LogP contribution in [0.15, 0.2) is 66.7 Å². The SMILES string of the molecule is O=C(c1ccc([N+](=O)[O-])cc1)N1CCN(c2ccc(Oc3ccccc3)nn2)CC1. The van der Waals surface area contributed by atoms with Gasteiger partial charge in [0, 0.05) is 49.9 Å². The summed E-state index contributed by atoms with van der Waals surface area (Å²) in [6.45, 7) is 2.29. The molecule has 0 aliphatic carbocycles. The zero-order chi connectivity index (χ0) is 20.9. The molecule has 0 radical (unpaired) electrons. The number of carbonyl (C=O) groups is 1. The maximum atomic E-state index is 12.6. The van der Waals surface area contributed by atoms with E-state index >= 15 is 0 Å². The number of hydrogen-bond acceptors (Lipinski definition) is 7. The molecule has 152 valence electrons. The van der Waals surface area contributed by atoms with Gasteiger partial charge in [-0.15, -0.1) is 10.2 Å². The number of amides is 1. The van der Waals surface area contributed by atoms with Crippen LogP contribution in [0.1, 0.15) is 10.4 Å². The summed E-state index contributed by atoms with van der Waals surface area (Å²) in [5.74, 6) is 1.69. The first-order chi connectivity index (χ1) is 14.6. The van der Waals surface area contributed by atoms with Crippen molar-refractivity contribution in [3.63, 3.8) is 0 Å². The Morgan fingerprint density at radius 1 is 0.900 bits per heavy atom. The highest BCUT2D eigenvalue weighted by atomic mass is 16.6. The Bertz CT molecular complexity index is 1020. The van der Waals surface area contributed by atoms with Crippen LogP contribution in [0, 0.1) is 10.1 Å². The van der Waals surface area contributed by atoms with E-state index in [1.807, 2.05) is 36.4 Å². The summed E-state index contributed by atoms with van der Waals surface area (Å²) in [4.78, 5) is 26.7. The first-order valence-electron chi connectivity index (χ1n) is 9.45. The minimum atomic E-state index is -0.482. The highest BCUT2D eigenvalue weighted by Crippen LogP contribution is 2.21. The molecule has 1 aromatic heterocycles. The molecule has 9 heteroatoms. The molecule has 1 saturated heterocycles. The Morgan fingerprint density at radius 3 is 2.20 bits per heavy atom. The summed E-state index contributed by atoms with van der Waals surface area (Å²) in [6.07, 6.45) is 0. The molecule has 0 saturated carbocycles. The van der Waals surface area contributed by atoms with Gasteiger partial charge < -0.3 is 14.5 Å². The van der Waals surface area contributed by atoms with Crippen molar-refractivity contribution >= 4 is 17.4 Å². The van der Waals surface area contributed by atoms with E-state index in [9.17, 15) is 14.9 Å². The number of hydrogen-bond donors (Lipinski definition) is 0. The summed E-state index contributed by atoms with van der Waals surface area (Å²) in [5, 5.41) is 19.1. The van der Waals surface area contributed by atoms with Crippen molar-refractivity contribution in [3.05, 3.63) is 82.4 Å². The summed E-state index contributed by atoms with van der Waals surface area (Å²) < 4.78 is 5.65. The van der Waals surface area contributed by atoms with E-state index in [2.05, 4.69) is 15.1 Å². The van der Waals surface area contributed by atoms with Crippen molar-refractivity contribution in [1.29, 1.82) is 0 Å². The molecule has 3 aromatic rings. The van der Waals surface area contributed by atoms with Gasteiger partial charge in [-0.2, -0.15) is 0 Å². The zero-order valence-electron chi connectivity index (χ0n) is 16.0. The van der Waals surface area contributed by atoms with Gasteiger partial charge in [-0.1, -0.05) is 18.2 Å². The number of rotatable bonds is 5. The van der Waals surface area contributed by atoms with Crippen LogP contribution in [0.5, 0.6) is 11.6 Å². The fourth-order valence-corrected chi connectivity index (χ4v) is 3.19. The Hall–Kier alpha value is -4.01. The molecular weight excluding hydrogens is 386 g/mol. The number of non-ortho nitro benzene ring substituents is 1. The van der Waals surface area contributed by atoms with E-state index in [0.29, 0.717) is 43.4 Å². The van der Waals surface area contributed by atoms with Gasteiger partial charge in [-0.25, -0.2) is 0 Å². The molecule has 2 heterocycles. The van der Waals surface area contributed by atoms with E-state index in [4.69, 9.17) is 4.74 Å². The number of benzene rings is 2. The third-order valence-corrected chi connectivity index (χ3v) is 4.81. The number of para-hydroxylation sites is 1. The molecule has 0 bridgehead atoms. The first-order valence-corrected chi connectivity index (χ1v) is 9.45. The van der Waals surface area contributed by atoms with Crippen LogP contribution in [0.3, 0.4) is 0 Å². The number of ether oxygens (including phenoxy) is 1. The highest BCUT2D eigenvalue weighted by Gasteiger charge is 2.23. The Balaban J connectivity index is 1.33. The molecular formula is C21H19N5O4. The van der Waals surface area contributed by atoms with Crippen LogP contribution in [0.4, 0.5) is 11.5 Å². The maximum absolute atomic E-state index is 12.6. The van der Waals surface area contributed by atoms with Gasteiger partial charge in [0.1, 0.15) is 5.75 Å². The summed E-state index contributed by atoms with van der Waals surface area (Å²) in [6, 6.07) is 18.6. The molecule has 1 amide bonds. The van der Waals surface area contributed by atoms with E-state index in [0.717, 1.165) is 5.82 Å². The molecule has 30 heavy (non-hydrogen) atoms. The number of nitro benzene ring substituents is 1. The first kappa shape index (κ1) is 19.3. The molecule has 9 nitrogen and oxygen atoms in total. The monoisotopic (exact) mass is 405 g/mol. The fourth-order valence-electron chi connectivity index (χ4n) is 3.19. The van der Waals surface area contributed by atoms with Crippen molar-refractivity contribution in [2.45, 2.75) is 0 Å². The largest absolute Gasteiger partial charge is 0.438 e. The second-order valence-corrected chi connectivity index (χ2v) is 6.73. The topological polar surface area (TPSA) is 102 Å². The minimum Gasteiger partial charge on any atom is -0.438 e. The molecule has 0 atom stereocenters. The molecule has 1 aliphatic heterocycles. The second-order valence-electron chi connectivity index (χ2n) is 6.73. The van der Waals surface area contributed by atoms with Crippen molar-refractivity contribution in [3.8, 4) is 11.6 Å². The lowest BCUT2D eigenvalue weighted by atomic mass is 10.1. The van der Waals surface area contributed by atoms with Gasteiger partial charge in [-0.05, 0) is 30.3 Å².